The van der Waals surface area contributed by atoms with Gasteiger partial charge < -0.3 is 4.90 Å². The van der Waals surface area contributed by atoms with Crippen LogP contribution in [0.4, 0.5) is 0 Å². The maximum atomic E-state index is 11.6. The Labute approximate surface area is 110 Å². The number of hydrogen-bond acceptors (Lipinski definition) is 3. The molecule has 0 N–H and O–H groups in total. The first kappa shape index (κ1) is 13.4. The second-order valence-electron chi connectivity index (χ2n) is 5.40. The van der Waals surface area contributed by atoms with Crippen molar-refractivity contribution in [2.45, 2.75) is 45.1 Å². The molecule has 2 fully saturated rings. The van der Waals surface area contributed by atoms with Crippen molar-refractivity contribution >= 4 is 5.91 Å². The summed E-state index contributed by atoms with van der Waals surface area (Å²) in [6.45, 7) is 5.70. The van der Waals surface area contributed by atoms with Gasteiger partial charge in [0.1, 0.15) is 0 Å². The minimum Gasteiger partial charge on any atom is -0.340 e. The van der Waals surface area contributed by atoms with E-state index in [-0.39, 0.29) is 11.8 Å². The zero-order chi connectivity index (χ0) is 13.0. The fraction of sp³-hybridized carbons (Fsp3) is 0.857. The Bertz CT molecular complexity index is 320. The maximum Gasteiger partial charge on any atom is 0.222 e. The van der Waals surface area contributed by atoms with Crippen molar-refractivity contribution in [3.05, 3.63) is 0 Å². The normalized spacial score (nSPS) is 29.9. The highest BCUT2D eigenvalue weighted by atomic mass is 16.2. The molecule has 4 nitrogen and oxygen atoms in total. The van der Waals surface area contributed by atoms with Gasteiger partial charge in [0, 0.05) is 44.6 Å². The van der Waals surface area contributed by atoms with E-state index in [4.69, 9.17) is 5.26 Å². The standard InChI is InChI=1S/C14H23N3O/c1-2-14(18)17-9-7-16(8-10-17)13-5-3-12(11-15)4-6-13/h12-13H,2-10H2,1H3. The summed E-state index contributed by atoms with van der Waals surface area (Å²) >= 11 is 0. The van der Waals surface area contributed by atoms with Crippen LogP contribution in [0, 0.1) is 17.2 Å². The molecule has 4 heteroatoms. The van der Waals surface area contributed by atoms with Crippen LogP contribution in [0.3, 0.4) is 0 Å². The van der Waals surface area contributed by atoms with Gasteiger partial charge in [-0.25, -0.2) is 0 Å². The van der Waals surface area contributed by atoms with Gasteiger partial charge in [-0.15, -0.1) is 0 Å². The number of carbonyl (C=O) groups excluding carboxylic acids is 1. The minimum atomic E-state index is 0.280. The van der Waals surface area contributed by atoms with Gasteiger partial charge in [0.05, 0.1) is 6.07 Å². The zero-order valence-electron chi connectivity index (χ0n) is 11.3. The third kappa shape index (κ3) is 3.02. The van der Waals surface area contributed by atoms with E-state index in [0.29, 0.717) is 12.5 Å². The molecule has 0 bridgehead atoms. The summed E-state index contributed by atoms with van der Waals surface area (Å²) < 4.78 is 0. The van der Waals surface area contributed by atoms with Crippen LogP contribution in [0.25, 0.3) is 0 Å². The van der Waals surface area contributed by atoms with E-state index in [2.05, 4.69) is 11.0 Å². The third-order valence-electron chi connectivity index (χ3n) is 4.37. The summed E-state index contributed by atoms with van der Waals surface area (Å²) in [6, 6.07) is 3.03. The Morgan fingerprint density at radius 1 is 1.17 bits per heavy atom. The number of amides is 1. The molecule has 1 heterocycles. The minimum absolute atomic E-state index is 0.280. The SMILES string of the molecule is CCC(=O)N1CCN(C2CCC(C#N)CC2)CC1. The highest BCUT2D eigenvalue weighted by Crippen LogP contribution is 2.27. The molecule has 18 heavy (non-hydrogen) atoms. The zero-order valence-corrected chi connectivity index (χ0v) is 11.3. The first-order valence-electron chi connectivity index (χ1n) is 7.16. The Balaban J connectivity index is 1.77. The molecular formula is C14H23N3O. The molecule has 0 radical (unpaired) electrons. The molecule has 1 aliphatic heterocycles. The topological polar surface area (TPSA) is 47.3 Å². The van der Waals surface area contributed by atoms with Crippen molar-refractivity contribution in [2.24, 2.45) is 5.92 Å². The van der Waals surface area contributed by atoms with Crippen molar-refractivity contribution in [3.8, 4) is 6.07 Å². The lowest BCUT2D eigenvalue weighted by Crippen LogP contribution is -2.52. The monoisotopic (exact) mass is 249 g/mol. The summed E-state index contributed by atoms with van der Waals surface area (Å²) in [6.07, 6.45) is 5.03. The molecule has 0 spiro atoms. The molecule has 1 amide bonds. The predicted molar refractivity (Wildman–Crippen MR) is 69.8 cm³/mol. The van der Waals surface area contributed by atoms with E-state index in [1.54, 1.807) is 0 Å². The Morgan fingerprint density at radius 2 is 1.78 bits per heavy atom. The molecule has 1 saturated heterocycles. The van der Waals surface area contributed by atoms with Gasteiger partial charge in [-0.2, -0.15) is 5.26 Å². The fourth-order valence-electron chi connectivity index (χ4n) is 3.13. The summed E-state index contributed by atoms with van der Waals surface area (Å²) in [5.41, 5.74) is 0. The van der Waals surface area contributed by atoms with Crippen molar-refractivity contribution in [1.29, 1.82) is 5.26 Å². The smallest absolute Gasteiger partial charge is 0.222 e. The van der Waals surface area contributed by atoms with E-state index in [9.17, 15) is 4.79 Å². The van der Waals surface area contributed by atoms with Crippen LogP contribution in [-0.2, 0) is 4.79 Å². The van der Waals surface area contributed by atoms with Gasteiger partial charge in [-0.05, 0) is 25.7 Å². The summed E-state index contributed by atoms with van der Waals surface area (Å²) in [7, 11) is 0. The summed E-state index contributed by atoms with van der Waals surface area (Å²) in [5, 5.41) is 8.90. The molecule has 0 unspecified atom stereocenters. The molecule has 1 saturated carbocycles. The van der Waals surface area contributed by atoms with E-state index >= 15 is 0 Å². The second kappa shape index (κ2) is 6.19. The van der Waals surface area contributed by atoms with Gasteiger partial charge in [-0.3, -0.25) is 9.69 Å². The summed E-state index contributed by atoms with van der Waals surface area (Å²) in [4.78, 5) is 16.1. The molecule has 2 rings (SSSR count). The molecule has 0 aromatic heterocycles. The van der Waals surface area contributed by atoms with E-state index in [1.807, 2.05) is 11.8 Å². The average molecular weight is 249 g/mol. The van der Waals surface area contributed by atoms with Gasteiger partial charge in [0.25, 0.3) is 0 Å². The average Bonchev–Trinajstić information content (AvgIpc) is 2.47. The number of nitrogens with zero attached hydrogens (tertiary/aromatic N) is 3. The van der Waals surface area contributed by atoms with Gasteiger partial charge in [0.2, 0.25) is 5.91 Å². The highest BCUT2D eigenvalue weighted by molar-refractivity contribution is 5.75. The molecule has 0 aromatic rings. The van der Waals surface area contributed by atoms with Crippen molar-refractivity contribution in [1.82, 2.24) is 9.80 Å². The molecule has 1 aliphatic carbocycles. The maximum absolute atomic E-state index is 11.6. The Morgan fingerprint density at radius 3 is 2.28 bits per heavy atom. The number of rotatable bonds is 2. The van der Waals surface area contributed by atoms with Crippen molar-refractivity contribution in [3.63, 3.8) is 0 Å². The highest BCUT2D eigenvalue weighted by Gasteiger charge is 2.28. The fourth-order valence-corrected chi connectivity index (χ4v) is 3.13. The lowest BCUT2D eigenvalue weighted by molar-refractivity contribution is -0.133. The first-order chi connectivity index (χ1) is 8.74. The molecule has 2 aliphatic rings. The predicted octanol–water partition coefficient (Wildman–Crippen LogP) is 1.62. The van der Waals surface area contributed by atoms with Crippen LogP contribution in [0.1, 0.15) is 39.0 Å². The van der Waals surface area contributed by atoms with Crippen molar-refractivity contribution < 1.29 is 4.79 Å². The van der Waals surface area contributed by atoms with Crippen LogP contribution in [0.2, 0.25) is 0 Å². The number of piperazine rings is 1. The number of carbonyl (C=O) groups is 1. The lowest BCUT2D eigenvalue weighted by atomic mass is 9.86. The molecular weight excluding hydrogens is 226 g/mol. The van der Waals surface area contributed by atoms with Gasteiger partial charge >= 0.3 is 0 Å². The van der Waals surface area contributed by atoms with Crippen LogP contribution in [0.5, 0.6) is 0 Å². The van der Waals surface area contributed by atoms with Gasteiger partial charge in [0.15, 0.2) is 0 Å². The van der Waals surface area contributed by atoms with E-state index in [1.165, 1.54) is 0 Å². The van der Waals surface area contributed by atoms with Crippen LogP contribution < -0.4 is 0 Å². The quantitative estimate of drug-likeness (QED) is 0.747. The van der Waals surface area contributed by atoms with Crippen molar-refractivity contribution in [2.75, 3.05) is 26.2 Å². The van der Waals surface area contributed by atoms with Crippen LogP contribution in [0.15, 0.2) is 0 Å². The van der Waals surface area contributed by atoms with Crippen LogP contribution in [-0.4, -0.2) is 47.9 Å². The molecule has 0 aromatic carbocycles. The summed E-state index contributed by atoms with van der Waals surface area (Å²) in [5.74, 6) is 0.562. The lowest BCUT2D eigenvalue weighted by Gasteiger charge is -2.41. The van der Waals surface area contributed by atoms with E-state index in [0.717, 1.165) is 51.9 Å². The molecule has 100 valence electrons. The largest absolute Gasteiger partial charge is 0.340 e. The Kier molecular flexibility index (Phi) is 4.60. The van der Waals surface area contributed by atoms with E-state index < -0.39 is 0 Å². The second-order valence-corrected chi connectivity index (χ2v) is 5.40. The third-order valence-corrected chi connectivity index (χ3v) is 4.37. The first-order valence-corrected chi connectivity index (χ1v) is 7.16. The molecule has 0 atom stereocenters. The van der Waals surface area contributed by atoms with Gasteiger partial charge in [-0.1, -0.05) is 6.92 Å². The number of nitriles is 1. The number of hydrogen-bond donors (Lipinski definition) is 0. The van der Waals surface area contributed by atoms with Crippen LogP contribution >= 0.6 is 0 Å². The Hall–Kier alpha value is -1.08.